The van der Waals surface area contributed by atoms with Crippen LogP contribution >= 0.6 is 10.7 Å². The lowest BCUT2D eigenvalue weighted by Crippen LogP contribution is -2.50. The molecule has 3 unspecified atom stereocenters. The number of ether oxygens (including phenoxy) is 6. The second-order valence-corrected chi connectivity index (χ2v) is 42.8. The van der Waals surface area contributed by atoms with Gasteiger partial charge in [-0.05, 0) is 245 Å². The first kappa shape index (κ1) is 105. The molecule has 6 saturated heterocycles. The molecule has 25 nitrogen and oxygen atoms in total. The lowest BCUT2D eigenvalue weighted by atomic mass is 9.86. The number of alkyl halides is 6. The number of piperidine rings is 3. The Balaban J connectivity index is 0.000000137. The van der Waals surface area contributed by atoms with Gasteiger partial charge in [-0.3, -0.25) is 23.6 Å². The first-order chi connectivity index (χ1) is 67.7. The van der Waals surface area contributed by atoms with Crippen LogP contribution < -0.4 is 10.6 Å². The lowest BCUT2D eigenvalue weighted by Gasteiger charge is -2.39. The second kappa shape index (κ2) is 45.3. The van der Waals surface area contributed by atoms with Gasteiger partial charge >= 0.3 is 48.0 Å². The summed E-state index contributed by atoms with van der Waals surface area (Å²) in [7, 11) is 1.91. The van der Waals surface area contributed by atoms with Crippen LogP contribution in [0.2, 0.25) is 0 Å². The van der Waals surface area contributed by atoms with Gasteiger partial charge in [0, 0.05) is 91.9 Å². The van der Waals surface area contributed by atoms with Crippen LogP contribution in [0, 0.1) is 0 Å². The molecule has 0 aromatic heterocycles. The predicted octanol–water partition coefficient (Wildman–Crippen LogP) is 17.8. The molecule has 34 heteroatoms. The van der Waals surface area contributed by atoms with Gasteiger partial charge in [-0.2, -0.15) is 34.8 Å². The van der Waals surface area contributed by atoms with Crippen molar-refractivity contribution in [3.63, 3.8) is 0 Å². The van der Waals surface area contributed by atoms with Gasteiger partial charge in [0.15, 0.2) is 0 Å². The van der Waals surface area contributed by atoms with E-state index in [2.05, 4.69) is 95.2 Å². The highest BCUT2D eigenvalue weighted by atomic mass is 35.7. The van der Waals surface area contributed by atoms with Crippen molar-refractivity contribution in [1.82, 2.24) is 30.2 Å². The smallest absolute Gasteiger partial charge is 0.471 e. The minimum atomic E-state index is -4.91. The van der Waals surface area contributed by atoms with E-state index in [4.69, 9.17) is 28.2 Å². The number of aliphatic hydroxyl groups is 1. The number of nitrogens with one attached hydrogen (secondary N) is 2. The fourth-order valence-corrected chi connectivity index (χ4v) is 20.9. The molecule has 754 valence electrons. The van der Waals surface area contributed by atoms with Crippen molar-refractivity contribution < 1.29 is 115 Å². The fraction of sp³-hybridized carbons (Fsp3) is 0.407. The topological polar surface area (TPSA) is 313 Å². The summed E-state index contributed by atoms with van der Waals surface area (Å²) >= 11 is 0. The number of carboxylic acid groups (broad SMARTS) is 1. The Bertz CT molecular complexity index is 6570. The van der Waals surface area contributed by atoms with E-state index in [-0.39, 0.29) is 61.4 Å². The van der Waals surface area contributed by atoms with Crippen LogP contribution in [-0.4, -0.2) is 241 Å². The molecule has 11 aromatic carbocycles. The zero-order chi connectivity index (χ0) is 101. The minimum Gasteiger partial charge on any atom is -0.478 e. The van der Waals surface area contributed by atoms with E-state index in [9.17, 15) is 77.1 Å². The van der Waals surface area contributed by atoms with Gasteiger partial charge < -0.3 is 59.1 Å². The Morgan fingerprint density at radius 2 is 0.775 bits per heavy atom. The Hall–Kier alpha value is -11.3. The summed E-state index contributed by atoms with van der Waals surface area (Å²) in [4.78, 5) is 77.7. The lowest BCUT2D eigenvalue weighted by molar-refractivity contribution is -0.188. The van der Waals surface area contributed by atoms with Crippen molar-refractivity contribution >= 4 is 109 Å². The molecule has 6 aliphatic heterocycles. The predicted molar refractivity (Wildman–Crippen MR) is 527 cm³/mol. The molecule has 9 aliphatic rings. The number of likely N-dealkylation sites (tertiary alicyclic amines) is 2. The Morgan fingerprint density at radius 3 is 1.15 bits per heavy atom. The fourth-order valence-electron chi connectivity index (χ4n) is 20.6. The number of amides is 2. The number of hydrogen-bond donors (Lipinski definition) is 4. The van der Waals surface area contributed by atoms with Gasteiger partial charge in [0.2, 0.25) is 9.05 Å². The van der Waals surface area contributed by atoms with Gasteiger partial charge in [0.25, 0.3) is 10.1 Å². The maximum Gasteiger partial charge on any atom is 0.471 e. The summed E-state index contributed by atoms with van der Waals surface area (Å²) in [5.41, 5.74) is 8.46. The largest absolute Gasteiger partial charge is 0.478 e. The van der Waals surface area contributed by atoms with Gasteiger partial charge in [-0.15, -0.1) is 0 Å². The Labute approximate surface area is 825 Å². The number of hydrogen-bond acceptors (Lipinski definition) is 22. The van der Waals surface area contributed by atoms with Crippen LogP contribution in [0.1, 0.15) is 175 Å². The molecular formula is C108H117ClF6N6O19S2. The van der Waals surface area contributed by atoms with Crippen molar-refractivity contribution in [1.29, 1.82) is 0 Å². The highest BCUT2D eigenvalue weighted by Crippen LogP contribution is 2.52. The van der Waals surface area contributed by atoms with Gasteiger partial charge in [-0.1, -0.05) is 164 Å². The average molecular weight is 2020 g/mol. The molecule has 6 heterocycles. The number of halogens is 7. The van der Waals surface area contributed by atoms with Crippen molar-refractivity contribution in [2.45, 2.75) is 187 Å². The summed E-state index contributed by atoms with van der Waals surface area (Å²) in [6.45, 7) is 8.08. The van der Waals surface area contributed by atoms with Crippen LogP contribution in [0.25, 0.3) is 43.1 Å². The van der Waals surface area contributed by atoms with Crippen LogP contribution in [0.3, 0.4) is 0 Å². The molecule has 11 aromatic rings. The van der Waals surface area contributed by atoms with E-state index in [1.165, 1.54) is 38.9 Å². The van der Waals surface area contributed by atoms with Gasteiger partial charge in [-0.25, -0.2) is 27.6 Å². The second-order valence-electron chi connectivity index (χ2n) is 38.2. The molecule has 9 atom stereocenters. The number of carbonyl (C=O) groups excluding carboxylic acids is 5. The highest BCUT2D eigenvalue weighted by Gasteiger charge is 2.59. The van der Waals surface area contributed by atoms with Crippen LogP contribution in [0.4, 0.5) is 26.3 Å². The summed E-state index contributed by atoms with van der Waals surface area (Å²) < 4.78 is 159. The van der Waals surface area contributed by atoms with Gasteiger partial charge in [0.05, 0.1) is 118 Å². The maximum atomic E-state index is 13.7. The summed E-state index contributed by atoms with van der Waals surface area (Å²) in [6, 6.07) is 73.8. The van der Waals surface area contributed by atoms with Crippen LogP contribution in [-0.2, 0) is 87.7 Å². The molecule has 20 rings (SSSR count). The normalized spacial score (nSPS) is 21.9. The molecule has 142 heavy (non-hydrogen) atoms. The van der Waals surface area contributed by atoms with Crippen molar-refractivity contribution in [3.05, 3.63) is 298 Å². The Morgan fingerprint density at radius 1 is 0.444 bits per heavy atom. The molecular weight excluding hydrogens is 1900 g/mol. The number of carbonyl (C=O) groups is 6. The first-order valence-electron chi connectivity index (χ1n) is 47.5. The van der Waals surface area contributed by atoms with E-state index < -0.39 is 85.0 Å². The standard InChI is InChI=1S/C32H33F3N2O4.C29H32N2O3.C19H23F3N2O2.C14H14O5S.C13H12O3.CH3ClO2S/c1-40-29(38)25-10-9-23-15-21(7-8-24(23)16-25)19-36-13-11-31(12-14-36)18-26(20-41-31)37(30(39)32(33,34)35)28-17-27(28)22-5-3-2-4-6-22;32-28(33)24-9-8-22-14-20(6-7-23(22)15-24)18-31-12-10-29(11-13-31)17-25(19-34-29)30-27-16-26(27)21-4-2-1-3-5-21;20-19(21,22)17(25)24(16-10-15(16)13-4-2-1-3-5-13)14-11-18(26-12-14)6-8-23-9-7-18;1-18-14(15)13-6-5-11-7-10(3-4-12(11)8-13)9-19-20(2,16)17;1-16-13(15)12-5-4-10-6-9(8-14)2-3-11(10)7-12;1-5(2,3)4/h2-10,15-16,26-28H,11-14,17-20H2,1H3;1-9,14-15,25-27,30H,10-13,16-19H2,(H,32,33);1-5,14-16,23H,6-12H2;3-8H,9H2,1-2H3;2-7,14H,8H2,1H3;1H3/t26?,27-,28+;25?,26-,27+;14?,15-,16+;;;/m000.../s1. The zero-order valence-electron chi connectivity index (χ0n) is 79.5. The molecule has 4 N–H and O–H groups in total. The summed E-state index contributed by atoms with van der Waals surface area (Å²) in [6.07, 6.45) is 1.74. The number of nitrogens with zero attached hydrogens (tertiary/aromatic N) is 4. The zero-order valence-corrected chi connectivity index (χ0v) is 81.9. The number of methoxy groups -OCH3 is 3. The van der Waals surface area contributed by atoms with Gasteiger partial charge in [0.1, 0.15) is 0 Å². The number of fused-ring (bicyclic) bond motifs is 4. The highest BCUT2D eigenvalue weighted by molar-refractivity contribution is 8.13. The molecule has 9 fully saturated rings. The maximum absolute atomic E-state index is 13.7. The van der Waals surface area contributed by atoms with E-state index >= 15 is 0 Å². The third kappa shape index (κ3) is 27.6. The number of carboxylic acids is 1. The van der Waals surface area contributed by atoms with Crippen molar-refractivity contribution in [3.8, 4) is 0 Å². The number of esters is 3. The van der Waals surface area contributed by atoms with Crippen molar-refractivity contribution in [2.24, 2.45) is 0 Å². The van der Waals surface area contributed by atoms with E-state index in [0.717, 1.165) is 184 Å². The van der Waals surface area contributed by atoms with E-state index in [1.54, 1.807) is 54.6 Å². The summed E-state index contributed by atoms with van der Waals surface area (Å²) in [5.74, 6) is -4.88. The van der Waals surface area contributed by atoms with E-state index in [0.29, 0.717) is 78.8 Å². The number of benzene rings is 11. The van der Waals surface area contributed by atoms with E-state index in [1.807, 2.05) is 127 Å². The molecule has 0 radical (unpaired) electrons. The average Bonchev–Trinajstić information content (AvgIpc) is 1.59. The summed E-state index contributed by atoms with van der Waals surface area (Å²) in [5, 5.41) is 33.1. The molecule has 3 saturated carbocycles. The number of rotatable bonds is 21. The van der Waals surface area contributed by atoms with Crippen LogP contribution in [0.15, 0.2) is 237 Å². The number of aromatic carboxylic acids is 1. The van der Waals surface area contributed by atoms with Crippen molar-refractivity contribution in [2.75, 3.05) is 92.9 Å². The monoisotopic (exact) mass is 2010 g/mol. The number of aliphatic hydroxyl groups excluding tert-OH is 1. The molecule has 3 aliphatic carbocycles. The quantitative estimate of drug-likeness (QED) is 0.0171. The van der Waals surface area contributed by atoms with Crippen LogP contribution in [0.5, 0.6) is 0 Å². The molecule has 0 bridgehead atoms. The third-order valence-electron chi connectivity index (χ3n) is 28.1. The Kier molecular flexibility index (Phi) is 33.5. The molecule has 2 amide bonds. The SMILES string of the molecule is COC(=O)c1ccc2cc(CN3CCC4(CC3)CC(N(C(=O)C(F)(F)F)[C@@H]3C[C@H]3c3ccccc3)CO4)ccc2c1.COC(=O)c1ccc2cc(CO)ccc2c1.COC(=O)c1ccc2cc(COS(C)(=O)=O)ccc2c1.CS(=O)(=O)Cl.O=C(N(C1COC2(CCNCC2)C1)[C@@H]1C[C@H]1c1ccccc1)C(F)(F)F.O=C(O)c1ccc2cc(CN3CCC4(CC3)CC(N[C@@H]3C[C@H]3c3ccccc3)CO4)ccc2c1. The third-order valence-corrected chi connectivity index (χ3v) is 28.6. The first-order valence-corrected chi connectivity index (χ1v) is 52.0. The minimum absolute atomic E-state index is 0.00642. The molecule has 3 spiro atoms.